The van der Waals surface area contributed by atoms with E-state index in [1.807, 2.05) is 0 Å². The van der Waals surface area contributed by atoms with E-state index in [0.717, 1.165) is 16.3 Å². The van der Waals surface area contributed by atoms with Crippen LogP contribution in [0.5, 0.6) is 0 Å². The minimum atomic E-state index is 0.822. The number of hydrogen-bond acceptors (Lipinski definition) is 1. The van der Waals surface area contributed by atoms with Crippen molar-refractivity contribution in [2.75, 3.05) is 6.54 Å². The molecule has 0 aromatic rings. The van der Waals surface area contributed by atoms with Crippen molar-refractivity contribution in [3.63, 3.8) is 0 Å². The van der Waals surface area contributed by atoms with Gasteiger partial charge in [0.15, 0.2) is 0 Å². The highest BCUT2D eigenvalue weighted by Gasteiger charge is 1.84. The van der Waals surface area contributed by atoms with Gasteiger partial charge >= 0.3 is 0 Å². The van der Waals surface area contributed by atoms with Gasteiger partial charge in [-0.1, -0.05) is 13.8 Å². The minimum Gasteiger partial charge on any atom is -0.345 e. The zero-order chi connectivity index (χ0) is 4.99. The van der Waals surface area contributed by atoms with E-state index in [0.29, 0.717) is 0 Å². The van der Waals surface area contributed by atoms with Crippen LogP contribution in [0.4, 0.5) is 0 Å². The Kier molecular flexibility index (Phi) is 3.47. The van der Waals surface area contributed by atoms with Gasteiger partial charge in [0.05, 0.1) is 10.4 Å². The molecule has 6 heavy (non-hydrogen) atoms. The van der Waals surface area contributed by atoms with Crippen molar-refractivity contribution < 1.29 is 0 Å². The summed E-state index contributed by atoms with van der Waals surface area (Å²) in [5.41, 5.74) is 0. The highest BCUT2D eigenvalue weighted by atomic mass is 28.2. The van der Waals surface area contributed by atoms with Crippen LogP contribution < -0.4 is 4.98 Å². The standard InChI is InChI=1S/C4H13NSi/c1-4(2)3-5-6/h4-5H,3H2,1-2,6H3. The normalized spacial score (nSPS) is 10.5. The fourth-order valence-corrected chi connectivity index (χ4v) is 1.22. The minimum absolute atomic E-state index is 0.822. The first-order chi connectivity index (χ1) is 2.77. The van der Waals surface area contributed by atoms with E-state index >= 15 is 0 Å². The molecule has 0 heterocycles. The smallest absolute Gasteiger partial charge is 0.0749 e. The Morgan fingerprint density at radius 1 is 1.67 bits per heavy atom. The second-order valence-corrected chi connectivity index (χ2v) is 2.66. The van der Waals surface area contributed by atoms with Crippen molar-refractivity contribution >= 4 is 10.4 Å². The third-order valence-corrected chi connectivity index (χ3v) is 1.02. The molecule has 0 spiro atoms. The molecule has 1 nitrogen and oxygen atoms in total. The Bertz CT molecular complexity index is 28.7. The van der Waals surface area contributed by atoms with Crippen LogP contribution in [0, 0.1) is 5.92 Å². The summed E-state index contributed by atoms with van der Waals surface area (Å²) in [5.74, 6) is 0.822. The lowest BCUT2D eigenvalue weighted by Gasteiger charge is -1.98. The predicted molar refractivity (Wildman–Crippen MR) is 32.8 cm³/mol. The lowest BCUT2D eigenvalue weighted by molar-refractivity contribution is 0.636. The molecule has 0 bridgehead atoms. The van der Waals surface area contributed by atoms with Crippen molar-refractivity contribution in [2.24, 2.45) is 5.92 Å². The largest absolute Gasteiger partial charge is 0.345 e. The molecule has 0 radical (unpaired) electrons. The molecule has 0 unspecified atom stereocenters. The van der Waals surface area contributed by atoms with E-state index in [-0.39, 0.29) is 0 Å². The molecule has 0 aromatic carbocycles. The van der Waals surface area contributed by atoms with Gasteiger partial charge in [-0.3, -0.25) is 0 Å². The lowest BCUT2D eigenvalue weighted by atomic mass is 10.2. The third kappa shape index (κ3) is 4.18. The molecule has 1 N–H and O–H groups in total. The van der Waals surface area contributed by atoms with Crippen LogP contribution >= 0.6 is 0 Å². The summed E-state index contributed by atoms with van der Waals surface area (Å²) in [7, 11) is 1.14. The Hall–Kier alpha value is 0.177. The lowest BCUT2D eigenvalue weighted by Crippen LogP contribution is -2.14. The van der Waals surface area contributed by atoms with E-state index in [9.17, 15) is 0 Å². The van der Waals surface area contributed by atoms with Gasteiger partial charge in [0, 0.05) is 0 Å². The van der Waals surface area contributed by atoms with Crippen LogP contribution in [-0.4, -0.2) is 16.9 Å². The van der Waals surface area contributed by atoms with Gasteiger partial charge in [-0.2, -0.15) is 0 Å². The van der Waals surface area contributed by atoms with Gasteiger partial charge in [0.2, 0.25) is 0 Å². The van der Waals surface area contributed by atoms with E-state index in [1.54, 1.807) is 0 Å². The van der Waals surface area contributed by atoms with E-state index in [4.69, 9.17) is 0 Å². The van der Waals surface area contributed by atoms with Crippen LogP contribution in [0.1, 0.15) is 13.8 Å². The Labute approximate surface area is 42.6 Å². The second-order valence-electron chi connectivity index (χ2n) is 1.95. The fraction of sp³-hybridized carbons (Fsp3) is 1.00. The number of hydrogen-bond donors (Lipinski definition) is 1. The highest BCUT2D eigenvalue weighted by molar-refractivity contribution is 6.04. The monoisotopic (exact) mass is 103 g/mol. The average Bonchev–Trinajstić information content (AvgIpc) is 1.35. The quantitative estimate of drug-likeness (QED) is 0.465. The number of rotatable bonds is 2. The van der Waals surface area contributed by atoms with Crippen LogP contribution in [0.3, 0.4) is 0 Å². The first kappa shape index (κ1) is 6.18. The Balaban J connectivity index is 2.63. The maximum absolute atomic E-state index is 3.21. The zero-order valence-corrected chi connectivity index (χ0v) is 6.78. The molecule has 0 aromatic heterocycles. The molecular weight excluding hydrogens is 90.1 g/mol. The van der Waals surface area contributed by atoms with E-state index < -0.39 is 0 Å². The predicted octanol–water partition coefficient (Wildman–Crippen LogP) is -0.488. The van der Waals surface area contributed by atoms with Crippen molar-refractivity contribution in [3.8, 4) is 0 Å². The summed E-state index contributed by atoms with van der Waals surface area (Å²) in [4.78, 5) is 3.21. The summed E-state index contributed by atoms with van der Waals surface area (Å²) in [6, 6.07) is 0. The maximum Gasteiger partial charge on any atom is 0.0749 e. The second kappa shape index (κ2) is 3.37. The van der Waals surface area contributed by atoms with Crippen LogP contribution in [0.2, 0.25) is 0 Å². The van der Waals surface area contributed by atoms with Crippen molar-refractivity contribution in [1.29, 1.82) is 0 Å². The first-order valence-corrected chi connectivity index (χ1v) is 3.42. The molecular formula is C4H13NSi. The zero-order valence-electron chi connectivity index (χ0n) is 4.78. The fourth-order valence-electron chi connectivity index (χ4n) is 0.408. The van der Waals surface area contributed by atoms with Crippen LogP contribution in [0.25, 0.3) is 0 Å². The van der Waals surface area contributed by atoms with Crippen molar-refractivity contribution in [2.45, 2.75) is 13.8 Å². The van der Waals surface area contributed by atoms with Gasteiger partial charge in [0.25, 0.3) is 0 Å². The number of nitrogens with one attached hydrogen (secondary N) is 1. The van der Waals surface area contributed by atoms with Gasteiger partial charge in [0.1, 0.15) is 0 Å². The summed E-state index contributed by atoms with van der Waals surface area (Å²) < 4.78 is 0. The van der Waals surface area contributed by atoms with Crippen molar-refractivity contribution in [3.05, 3.63) is 0 Å². The average molecular weight is 103 g/mol. The molecule has 38 valence electrons. The molecule has 0 saturated carbocycles. The molecule has 2 heteroatoms. The molecule has 0 saturated heterocycles. The Morgan fingerprint density at radius 2 is 2.17 bits per heavy atom. The molecule has 0 fully saturated rings. The van der Waals surface area contributed by atoms with Gasteiger partial charge in [-0.25, -0.2) is 0 Å². The highest BCUT2D eigenvalue weighted by Crippen LogP contribution is 1.83. The SMILES string of the molecule is CC(C)CN[SiH3]. The van der Waals surface area contributed by atoms with Crippen molar-refractivity contribution in [1.82, 2.24) is 4.98 Å². The van der Waals surface area contributed by atoms with E-state index in [2.05, 4.69) is 18.8 Å². The van der Waals surface area contributed by atoms with Gasteiger partial charge < -0.3 is 4.98 Å². The summed E-state index contributed by atoms with van der Waals surface area (Å²) in [5, 5.41) is 0. The molecule has 0 rings (SSSR count). The topological polar surface area (TPSA) is 12.0 Å². The molecule has 0 aliphatic rings. The maximum atomic E-state index is 3.21. The van der Waals surface area contributed by atoms with Crippen LogP contribution in [-0.2, 0) is 0 Å². The molecule has 0 aliphatic carbocycles. The molecule has 0 atom stereocenters. The first-order valence-electron chi connectivity index (χ1n) is 2.42. The summed E-state index contributed by atoms with van der Waals surface area (Å²) in [6.45, 7) is 5.61. The van der Waals surface area contributed by atoms with Gasteiger partial charge in [-0.05, 0) is 12.5 Å². The van der Waals surface area contributed by atoms with Gasteiger partial charge in [-0.15, -0.1) is 0 Å². The molecule has 0 amide bonds. The van der Waals surface area contributed by atoms with Crippen LogP contribution in [0.15, 0.2) is 0 Å². The summed E-state index contributed by atoms with van der Waals surface area (Å²) >= 11 is 0. The third-order valence-electron chi connectivity index (χ3n) is 0.612. The molecule has 0 aliphatic heterocycles. The Morgan fingerprint density at radius 3 is 2.17 bits per heavy atom. The van der Waals surface area contributed by atoms with E-state index in [1.165, 1.54) is 6.54 Å². The summed E-state index contributed by atoms with van der Waals surface area (Å²) in [6.07, 6.45) is 0.